The fourth-order valence-corrected chi connectivity index (χ4v) is 2.49. The quantitative estimate of drug-likeness (QED) is 0.819. The highest BCUT2D eigenvalue weighted by Gasteiger charge is 2.20. The lowest BCUT2D eigenvalue weighted by atomic mass is 9.86. The van der Waals surface area contributed by atoms with E-state index in [1.165, 1.54) is 24.2 Å². The van der Waals surface area contributed by atoms with Crippen LogP contribution in [0.25, 0.3) is 0 Å². The number of aryl methyl sites for hydroxylation is 2. The number of rotatable bonds is 7. The average Bonchev–Trinajstić information content (AvgIpc) is 2.65. The van der Waals surface area contributed by atoms with E-state index in [9.17, 15) is 0 Å². The smallest absolute Gasteiger partial charge is 0.0624 e. The van der Waals surface area contributed by atoms with Crippen molar-refractivity contribution in [3.63, 3.8) is 0 Å². The van der Waals surface area contributed by atoms with Gasteiger partial charge in [-0.3, -0.25) is 4.68 Å². The van der Waals surface area contributed by atoms with Crippen molar-refractivity contribution >= 4 is 0 Å². The van der Waals surface area contributed by atoms with Crippen LogP contribution < -0.4 is 5.32 Å². The normalized spacial score (nSPS) is 13.8. The fraction of sp³-hybridized carbons (Fsp3) is 0.812. The van der Waals surface area contributed by atoms with Crippen LogP contribution in [0.3, 0.4) is 0 Å². The molecule has 1 unspecified atom stereocenters. The van der Waals surface area contributed by atoms with Crippen LogP contribution in [0.2, 0.25) is 0 Å². The summed E-state index contributed by atoms with van der Waals surface area (Å²) in [6.45, 7) is 12.4. The molecule has 0 aromatic carbocycles. The molecule has 1 heterocycles. The summed E-state index contributed by atoms with van der Waals surface area (Å²) >= 11 is 0. The number of hydrogen-bond acceptors (Lipinski definition) is 2. The minimum absolute atomic E-state index is 0.359. The zero-order valence-electron chi connectivity index (χ0n) is 13.6. The first-order chi connectivity index (χ1) is 8.85. The second-order valence-electron chi connectivity index (χ2n) is 6.72. The summed E-state index contributed by atoms with van der Waals surface area (Å²) in [5.41, 5.74) is 2.90. The molecule has 110 valence electrons. The predicted octanol–water partition coefficient (Wildman–Crippen LogP) is 3.33. The summed E-state index contributed by atoms with van der Waals surface area (Å²) in [5, 5.41) is 8.24. The topological polar surface area (TPSA) is 29.9 Å². The third kappa shape index (κ3) is 5.77. The summed E-state index contributed by atoms with van der Waals surface area (Å²) in [7, 11) is 2.06. The Hall–Kier alpha value is -0.830. The van der Waals surface area contributed by atoms with Crippen LogP contribution in [-0.4, -0.2) is 22.4 Å². The van der Waals surface area contributed by atoms with E-state index in [0.29, 0.717) is 11.5 Å². The Morgan fingerprint density at radius 3 is 2.47 bits per heavy atom. The van der Waals surface area contributed by atoms with Gasteiger partial charge in [-0.1, -0.05) is 34.6 Å². The first-order valence-electron chi connectivity index (χ1n) is 7.61. The van der Waals surface area contributed by atoms with Gasteiger partial charge in [-0.25, -0.2) is 0 Å². The van der Waals surface area contributed by atoms with Crippen molar-refractivity contribution in [2.45, 2.75) is 66.3 Å². The van der Waals surface area contributed by atoms with E-state index >= 15 is 0 Å². The molecule has 1 rings (SSSR count). The lowest BCUT2D eigenvalue weighted by Crippen LogP contribution is -2.35. The highest BCUT2D eigenvalue weighted by molar-refractivity contribution is 5.11. The van der Waals surface area contributed by atoms with E-state index in [4.69, 9.17) is 0 Å². The largest absolute Gasteiger partial charge is 0.314 e. The molecule has 0 radical (unpaired) electrons. The number of nitrogens with one attached hydrogen (secondary N) is 1. The maximum Gasteiger partial charge on any atom is 0.0624 e. The molecule has 0 spiro atoms. The van der Waals surface area contributed by atoms with Gasteiger partial charge in [-0.15, -0.1) is 0 Å². The van der Waals surface area contributed by atoms with E-state index in [1.807, 2.05) is 4.68 Å². The molecule has 3 heteroatoms. The maximum absolute atomic E-state index is 4.55. The number of hydrogen-bond donors (Lipinski definition) is 1. The van der Waals surface area contributed by atoms with Crippen LogP contribution in [0.1, 0.15) is 58.8 Å². The summed E-state index contributed by atoms with van der Waals surface area (Å²) in [6, 6.07) is 2.79. The molecule has 0 saturated heterocycles. The molecule has 1 aromatic heterocycles. The van der Waals surface area contributed by atoms with Crippen molar-refractivity contribution in [1.29, 1.82) is 0 Å². The van der Waals surface area contributed by atoms with E-state index in [-0.39, 0.29) is 0 Å². The molecule has 0 aliphatic carbocycles. The zero-order chi connectivity index (χ0) is 14.5. The van der Waals surface area contributed by atoms with Crippen LogP contribution in [0.4, 0.5) is 0 Å². The molecule has 0 bridgehead atoms. The van der Waals surface area contributed by atoms with Crippen molar-refractivity contribution < 1.29 is 0 Å². The summed E-state index contributed by atoms with van der Waals surface area (Å²) in [5.74, 6) is 0. The van der Waals surface area contributed by atoms with Gasteiger partial charge in [0, 0.05) is 25.2 Å². The third-order valence-corrected chi connectivity index (χ3v) is 3.39. The van der Waals surface area contributed by atoms with Crippen LogP contribution in [0.15, 0.2) is 6.07 Å². The second-order valence-corrected chi connectivity index (χ2v) is 6.72. The first kappa shape index (κ1) is 16.2. The molecule has 1 aromatic rings. The number of nitrogens with zero attached hydrogens (tertiary/aromatic N) is 2. The Balaban J connectivity index is 2.72. The molecule has 0 amide bonds. The maximum atomic E-state index is 4.55. The van der Waals surface area contributed by atoms with Crippen LogP contribution in [0.5, 0.6) is 0 Å². The van der Waals surface area contributed by atoms with Gasteiger partial charge >= 0.3 is 0 Å². The van der Waals surface area contributed by atoms with E-state index in [2.05, 4.69) is 58.1 Å². The molecule has 0 fully saturated rings. The Morgan fingerprint density at radius 2 is 2.00 bits per heavy atom. The SMILES string of the molecule is CCCNC(Cc1cc(CC)nn1C)CC(C)(C)C. The fourth-order valence-electron chi connectivity index (χ4n) is 2.49. The minimum Gasteiger partial charge on any atom is -0.314 e. The van der Waals surface area contributed by atoms with Gasteiger partial charge in [0.25, 0.3) is 0 Å². The Bertz CT molecular complexity index is 374. The highest BCUT2D eigenvalue weighted by Crippen LogP contribution is 2.22. The van der Waals surface area contributed by atoms with Gasteiger partial charge in [-0.2, -0.15) is 5.10 Å². The van der Waals surface area contributed by atoms with E-state index in [0.717, 1.165) is 19.4 Å². The first-order valence-corrected chi connectivity index (χ1v) is 7.61. The van der Waals surface area contributed by atoms with Crippen molar-refractivity contribution in [2.75, 3.05) is 6.54 Å². The molecule has 19 heavy (non-hydrogen) atoms. The Morgan fingerprint density at radius 1 is 1.32 bits per heavy atom. The summed E-state index contributed by atoms with van der Waals surface area (Å²) in [6.07, 6.45) is 4.47. The third-order valence-electron chi connectivity index (χ3n) is 3.39. The van der Waals surface area contributed by atoms with Crippen molar-refractivity contribution in [3.8, 4) is 0 Å². The molecular weight excluding hydrogens is 234 g/mol. The summed E-state index contributed by atoms with van der Waals surface area (Å²) in [4.78, 5) is 0. The molecule has 0 aliphatic heterocycles. The van der Waals surface area contributed by atoms with Gasteiger partial charge in [-0.05, 0) is 37.3 Å². The van der Waals surface area contributed by atoms with Gasteiger partial charge in [0.15, 0.2) is 0 Å². The minimum atomic E-state index is 0.359. The number of aromatic nitrogens is 2. The van der Waals surface area contributed by atoms with Gasteiger partial charge < -0.3 is 5.32 Å². The molecule has 1 atom stereocenters. The Kier molecular flexibility index (Phi) is 6.05. The molecule has 3 nitrogen and oxygen atoms in total. The van der Waals surface area contributed by atoms with Crippen molar-refractivity contribution in [2.24, 2.45) is 12.5 Å². The molecule has 0 saturated carbocycles. The average molecular weight is 265 g/mol. The second kappa shape index (κ2) is 7.09. The van der Waals surface area contributed by atoms with Crippen LogP contribution >= 0.6 is 0 Å². The van der Waals surface area contributed by atoms with E-state index in [1.54, 1.807) is 0 Å². The highest BCUT2D eigenvalue weighted by atomic mass is 15.3. The van der Waals surface area contributed by atoms with Gasteiger partial charge in [0.05, 0.1) is 5.69 Å². The standard InChI is InChI=1S/C16H31N3/c1-7-9-17-14(12-16(3,4)5)11-15-10-13(8-2)18-19(15)6/h10,14,17H,7-9,11-12H2,1-6H3. The Labute approximate surface area is 118 Å². The lowest BCUT2D eigenvalue weighted by Gasteiger charge is -2.27. The molecular formula is C16H31N3. The van der Waals surface area contributed by atoms with Crippen LogP contribution in [0, 0.1) is 5.41 Å². The van der Waals surface area contributed by atoms with E-state index < -0.39 is 0 Å². The van der Waals surface area contributed by atoms with Crippen molar-refractivity contribution in [1.82, 2.24) is 15.1 Å². The summed E-state index contributed by atoms with van der Waals surface area (Å²) < 4.78 is 2.04. The van der Waals surface area contributed by atoms with Gasteiger partial charge in [0.2, 0.25) is 0 Å². The van der Waals surface area contributed by atoms with Crippen molar-refractivity contribution in [3.05, 3.63) is 17.5 Å². The zero-order valence-corrected chi connectivity index (χ0v) is 13.6. The van der Waals surface area contributed by atoms with Crippen LogP contribution in [-0.2, 0) is 19.9 Å². The van der Waals surface area contributed by atoms with Gasteiger partial charge in [0.1, 0.15) is 0 Å². The monoisotopic (exact) mass is 265 g/mol. The lowest BCUT2D eigenvalue weighted by molar-refractivity contribution is 0.304. The molecule has 1 N–H and O–H groups in total. The molecule has 0 aliphatic rings. The predicted molar refractivity (Wildman–Crippen MR) is 82.4 cm³/mol.